The fourth-order valence-electron chi connectivity index (χ4n) is 2.85. The Bertz CT molecular complexity index is 562. The predicted octanol–water partition coefficient (Wildman–Crippen LogP) is 4.08. The van der Waals surface area contributed by atoms with Crippen LogP contribution in [0.1, 0.15) is 42.2 Å². The van der Waals surface area contributed by atoms with Gasteiger partial charge < -0.3 is 10.6 Å². The minimum Gasteiger partial charge on any atom is -0.335 e. The van der Waals surface area contributed by atoms with Gasteiger partial charge in [0.1, 0.15) is 0 Å². The molecule has 21 heavy (non-hydrogen) atoms. The van der Waals surface area contributed by atoms with Crippen molar-refractivity contribution >= 4 is 17.4 Å². The van der Waals surface area contributed by atoms with E-state index in [4.69, 9.17) is 0 Å². The monoisotopic (exact) mass is 300 g/mol. The summed E-state index contributed by atoms with van der Waals surface area (Å²) < 4.78 is 0. The van der Waals surface area contributed by atoms with Crippen LogP contribution in [0.4, 0.5) is 4.79 Å². The number of rotatable bonds is 4. The van der Waals surface area contributed by atoms with Gasteiger partial charge in [-0.1, -0.05) is 49.2 Å². The number of hydrogen-bond donors (Lipinski definition) is 2. The van der Waals surface area contributed by atoms with Gasteiger partial charge in [-0.2, -0.15) is 0 Å². The van der Waals surface area contributed by atoms with Crippen molar-refractivity contribution in [3.8, 4) is 0 Å². The van der Waals surface area contributed by atoms with Gasteiger partial charge in [-0.25, -0.2) is 4.79 Å². The SMILES string of the molecule is O=C(NC1CCCC1)NC(c1ccccc1)c1cccs1. The topological polar surface area (TPSA) is 41.1 Å². The second-order valence-corrected chi connectivity index (χ2v) is 6.44. The summed E-state index contributed by atoms with van der Waals surface area (Å²) in [6.45, 7) is 0. The van der Waals surface area contributed by atoms with E-state index in [1.165, 1.54) is 12.8 Å². The Labute approximate surface area is 129 Å². The van der Waals surface area contributed by atoms with Crippen LogP contribution in [0, 0.1) is 0 Å². The second kappa shape index (κ2) is 6.76. The van der Waals surface area contributed by atoms with E-state index < -0.39 is 0 Å². The van der Waals surface area contributed by atoms with Crippen LogP contribution < -0.4 is 10.6 Å². The maximum Gasteiger partial charge on any atom is 0.315 e. The molecule has 2 N–H and O–H groups in total. The van der Waals surface area contributed by atoms with Crippen molar-refractivity contribution in [1.82, 2.24) is 10.6 Å². The summed E-state index contributed by atoms with van der Waals surface area (Å²) >= 11 is 1.67. The predicted molar refractivity (Wildman–Crippen MR) is 86.5 cm³/mol. The Morgan fingerprint density at radius 1 is 1.10 bits per heavy atom. The van der Waals surface area contributed by atoms with E-state index in [1.807, 2.05) is 29.6 Å². The van der Waals surface area contributed by atoms with Gasteiger partial charge in [-0.15, -0.1) is 11.3 Å². The van der Waals surface area contributed by atoms with E-state index >= 15 is 0 Å². The van der Waals surface area contributed by atoms with Crippen LogP contribution in [0.2, 0.25) is 0 Å². The molecule has 0 radical (unpaired) electrons. The highest BCUT2D eigenvalue weighted by Gasteiger charge is 2.21. The summed E-state index contributed by atoms with van der Waals surface area (Å²) in [6, 6.07) is 14.4. The van der Waals surface area contributed by atoms with E-state index in [2.05, 4.69) is 28.8 Å². The minimum atomic E-state index is -0.0763. The van der Waals surface area contributed by atoms with E-state index in [1.54, 1.807) is 11.3 Å². The van der Waals surface area contributed by atoms with Crippen LogP contribution in [0.25, 0.3) is 0 Å². The van der Waals surface area contributed by atoms with Gasteiger partial charge in [-0.3, -0.25) is 0 Å². The fourth-order valence-corrected chi connectivity index (χ4v) is 3.65. The molecule has 3 rings (SSSR count). The zero-order chi connectivity index (χ0) is 14.5. The number of carbonyl (C=O) groups is 1. The number of benzene rings is 1. The molecule has 1 aromatic heterocycles. The number of amides is 2. The Morgan fingerprint density at radius 2 is 1.86 bits per heavy atom. The van der Waals surface area contributed by atoms with E-state index in [-0.39, 0.29) is 12.1 Å². The van der Waals surface area contributed by atoms with Gasteiger partial charge in [0.05, 0.1) is 6.04 Å². The normalized spacial score (nSPS) is 16.6. The van der Waals surface area contributed by atoms with Crippen LogP contribution in [-0.2, 0) is 0 Å². The average Bonchev–Trinajstić information content (AvgIpc) is 3.19. The number of hydrogen-bond acceptors (Lipinski definition) is 2. The molecule has 0 aliphatic heterocycles. The number of nitrogens with one attached hydrogen (secondary N) is 2. The lowest BCUT2D eigenvalue weighted by molar-refractivity contribution is 0.235. The molecule has 1 unspecified atom stereocenters. The molecule has 1 aliphatic carbocycles. The molecule has 1 aromatic carbocycles. The van der Waals surface area contributed by atoms with Crippen LogP contribution in [0.3, 0.4) is 0 Å². The first-order valence-electron chi connectivity index (χ1n) is 7.48. The first-order valence-corrected chi connectivity index (χ1v) is 8.36. The number of thiophene rings is 1. The summed E-state index contributed by atoms with van der Waals surface area (Å²) in [7, 11) is 0. The molecule has 0 spiro atoms. The molecule has 3 nitrogen and oxygen atoms in total. The molecule has 1 atom stereocenters. The van der Waals surface area contributed by atoms with Gasteiger partial charge in [-0.05, 0) is 29.9 Å². The second-order valence-electron chi connectivity index (χ2n) is 5.46. The molecule has 2 aromatic rings. The standard InChI is InChI=1S/C17H20N2OS/c20-17(18-14-9-4-5-10-14)19-16(15-11-6-12-21-15)13-7-2-1-3-8-13/h1-3,6-8,11-12,14,16H,4-5,9-10H2,(H2,18,19,20). The number of carbonyl (C=O) groups excluding carboxylic acids is 1. The highest BCUT2D eigenvalue weighted by atomic mass is 32.1. The highest BCUT2D eigenvalue weighted by molar-refractivity contribution is 7.10. The Balaban J connectivity index is 1.72. The maximum absolute atomic E-state index is 12.3. The molecule has 2 amide bonds. The fraction of sp³-hybridized carbons (Fsp3) is 0.353. The summed E-state index contributed by atoms with van der Waals surface area (Å²) in [5.74, 6) is 0. The lowest BCUT2D eigenvalue weighted by Gasteiger charge is -2.20. The Hall–Kier alpha value is -1.81. The summed E-state index contributed by atoms with van der Waals surface area (Å²) in [5, 5.41) is 8.26. The van der Waals surface area contributed by atoms with E-state index in [9.17, 15) is 4.79 Å². The van der Waals surface area contributed by atoms with Crippen molar-refractivity contribution in [2.45, 2.75) is 37.8 Å². The van der Waals surface area contributed by atoms with Gasteiger partial charge >= 0.3 is 6.03 Å². The molecule has 1 heterocycles. The lowest BCUT2D eigenvalue weighted by atomic mass is 10.1. The van der Waals surface area contributed by atoms with E-state index in [0.717, 1.165) is 23.3 Å². The third kappa shape index (κ3) is 3.64. The van der Waals surface area contributed by atoms with Gasteiger partial charge in [0.2, 0.25) is 0 Å². The van der Waals surface area contributed by atoms with Crippen molar-refractivity contribution in [1.29, 1.82) is 0 Å². The zero-order valence-corrected chi connectivity index (χ0v) is 12.7. The molecule has 1 saturated carbocycles. The Kier molecular flexibility index (Phi) is 4.55. The van der Waals surface area contributed by atoms with E-state index in [0.29, 0.717) is 6.04 Å². The van der Waals surface area contributed by atoms with Crippen LogP contribution in [0.15, 0.2) is 47.8 Å². The summed E-state index contributed by atoms with van der Waals surface area (Å²) in [6.07, 6.45) is 4.64. The molecule has 0 bridgehead atoms. The van der Waals surface area contributed by atoms with Crippen molar-refractivity contribution < 1.29 is 4.79 Å². The van der Waals surface area contributed by atoms with Crippen molar-refractivity contribution in [3.63, 3.8) is 0 Å². The largest absolute Gasteiger partial charge is 0.335 e. The Morgan fingerprint density at radius 3 is 2.52 bits per heavy atom. The van der Waals surface area contributed by atoms with Gasteiger partial charge in [0.25, 0.3) is 0 Å². The average molecular weight is 300 g/mol. The van der Waals surface area contributed by atoms with Crippen LogP contribution in [0.5, 0.6) is 0 Å². The first kappa shape index (κ1) is 14.1. The van der Waals surface area contributed by atoms with Crippen molar-refractivity contribution in [3.05, 3.63) is 58.3 Å². The van der Waals surface area contributed by atoms with Crippen molar-refractivity contribution in [2.24, 2.45) is 0 Å². The van der Waals surface area contributed by atoms with Crippen LogP contribution >= 0.6 is 11.3 Å². The highest BCUT2D eigenvalue weighted by Crippen LogP contribution is 2.26. The zero-order valence-electron chi connectivity index (χ0n) is 11.9. The maximum atomic E-state index is 12.3. The molecule has 4 heteroatoms. The first-order chi connectivity index (χ1) is 10.3. The van der Waals surface area contributed by atoms with Gasteiger partial charge in [0.15, 0.2) is 0 Å². The molecule has 1 fully saturated rings. The summed E-state index contributed by atoms with van der Waals surface area (Å²) in [5.41, 5.74) is 1.11. The quantitative estimate of drug-likeness (QED) is 0.877. The minimum absolute atomic E-state index is 0.0656. The third-order valence-corrected chi connectivity index (χ3v) is 4.86. The third-order valence-electron chi connectivity index (χ3n) is 3.93. The lowest BCUT2D eigenvalue weighted by Crippen LogP contribution is -2.42. The smallest absolute Gasteiger partial charge is 0.315 e. The summed E-state index contributed by atoms with van der Waals surface area (Å²) in [4.78, 5) is 13.4. The number of urea groups is 1. The molecule has 110 valence electrons. The van der Waals surface area contributed by atoms with Crippen molar-refractivity contribution in [2.75, 3.05) is 0 Å². The molecule has 0 saturated heterocycles. The molecular weight excluding hydrogens is 280 g/mol. The van der Waals surface area contributed by atoms with Gasteiger partial charge in [0, 0.05) is 10.9 Å². The van der Waals surface area contributed by atoms with Crippen LogP contribution in [-0.4, -0.2) is 12.1 Å². The molecule has 1 aliphatic rings. The molecular formula is C17H20N2OS.